The first-order valence-corrected chi connectivity index (χ1v) is 7.51. The van der Waals surface area contributed by atoms with Crippen molar-refractivity contribution in [1.29, 1.82) is 0 Å². The Hall–Kier alpha value is -1.02. The maximum atomic E-state index is 6.27. The molecule has 0 aliphatic heterocycles. The van der Waals surface area contributed by atoms with Crippen LogP contribution in [-0.2, 0) is 6.54 Å². The summed E-state index contributed by atoms with van der Waals surface area (Å²) in [5.74, 6) is 2.68. The number of aryl methyl sites for hydroxylation is 1. The van der Waals surface area contributed by atoms with Crippen LogP contribution in [0.1, 0.15) is 44.2 Å². The smallest absolute Gasteiger partial charge is 0.124 e. The van der Waals surface area contributed by atoms with Crippen molar-refractivity contribution in [1.82, 2.24) is 5.32 Å². The van der Waals surface area contributed by atoms with Gasteiger partial charge in [0.1, 0.15) is 5.75 Å². The molecule has 0 radical (unpaired) electrons. The summed E-state index contributed by atoms with van der Waals surface area (Å²) in [7, 11) is 1.98. The second-order valence-corrected chi connectivity index (χ2v) is 6.15. The first-order chi connectivity index (χ1) is 9.10. The normalized spacial score (nSPS) is 27.3. The minimum atomic E-state index is 0.393. The van der Waals surface area contributed by atoms with Gasteiger partial charge in [0.2, 0.25) is 0 Å². The van der Waals surface area contributed by atoms with Gasteiger partial charge in [-0.25, -0.2) is 0 Å². The molecule has 2 rings (SSSR count). The molecule has 19 heavy (non-hydrogen) atoms. The molecule has 0 bridgehead atoms. The van der Waals surface area contributed by atoms with E-state index in [2.05, 4.69) is 44.3 Å². The molecule has 0 saturated heterocycles. The number of nitrogens with one attached hydrogen (secondary N) is 1. The fourth-order valence-electron chi connectivity index (χ4n) is 2.94. The molecule has 3 atom stereocenters. The Morgan fingerprint density at radius 2 is 2.00 bits per heavy atom. The summed E-state index contributed by atoms with van der Waals surface area (Å²) in [6.07, 6.45) is 4.07. The largest absolute Gasteiger partial charge is 0.490 e. The van der Waals surface area contributed by atoms with Crippen LogP contribution in [0.15, 0.2) is 18.2 Å². The lowest BCUT2D eigenvalue weighted by Gasteiger charge is -2.32. The average molecular weight is 261 g/mol. The monoisotopic (exact) mass is 261 g/mol. The van der Waals surface area contributed by atoms with Crippen molar-refractivity contribution in [3.05, 3.63) is 29.3 Å². The number of ether oxygens (including phenoxy) is 1. The number of benzene rings is 1. The van der Waals surface area contributed by atoms with Crippen LogP contribution in [0.4, 0.5) is 0 Å². The molecule has 1 N–H and O–H groups in total. The summed E-state index contributed by atoms with van der Waals surface area (Å²) in [5, 5.41) is 3.22. The minimum absolute atomic E-state index is 0.393. The molecule has 3 unspecified atom stereocenters. The molecule has 1 aromatic carbocycles. The van der Waals surface area contributed by atoms with Gasteiger partial charge in [-0.1, -0.05) is 31.5 Å². The molecule has 0 spiro atoms. The highest BCUT2D eigenvalue weighted by Crippen LogP contribution is 2.32. The Labute approximate surface area is 117 Å². The Balaban J connectivity index is 2.06. The molecule has 2 nitrogen and oxygen atoms in total. The van der Waals surface area contributed by atoms with E-state index in [9.17, 15) is 0 Å². The van der Waals surface area contributed by atoms with Gasteiger partial charge in [0.05, 0.1) is 6.10 Å². The summed E-state index contributed by atoms with van der Waals surface area (Å²) in [5.41, 5.74) is 2.57. The molecule has 1 fully saturated rings. The van der Waals surface area contributed by atoms with E-state index in [1.54, 1.807) is 0 Å². The highest BCUT2D eigenvalue weighted by Gasteiger charge is 2.26. The fourth-order valence-corrected chi connectivity index (χ4v) is 2.94. The third kappa shape index (κ3) is 3.73. The summed E-state index contributed by atoms with van der Waals surface area (Å²) < 4.78 is 6.27. The zero-order valence-electron chi connectivity index (χ0n) is 12.7. The molecule has 0 amide bonds. The van der Waals surface area contributed by atoms with Crippen LogP contribution in [0, 0.1) is 18.8 Å². The predicted molar refractivity (Wildman–Crippen MR) is 80.5 cm³/mol. The first kappa shape index (κ1) is 14.4. The van der Waals surface area contributed by atoms with E-state index in [0.717, 1.165) is 24.1 Å². The van der Waals surface area contributed by atoms with Crippen LogP contribution in [-0.4, -0.2) is 13.2 Å². The molecule has 0 heterocycles. The van der Waals surface area contributed by atoms with Crippen molar-refractivity contribution in [2.24, 2.45) is 11.8 Å². The fraction of sp³-hybridized carbons (Fsp3) is 0.647. The molecule has 1 saturated carbocycles. The van der Waals surface area contributed by atoms with Crippen molar-refractivity contribution < 1.29 is 4.74 Å². The van der Waals surface area contributed by atoms with Crippen molar-refractivity contribution in [2.45, 2.75) is 52.7 Å². The quantitative estimate of drug-likeness (QED) is 0.887. The van der Waals surface area contributed by atoms with Crippen LogP contribution >= 0.6 is 0 Å². The van der Waals surface area contributed by atoms with Gasteiger partial charge in [-0.2, -0.15) is 0 Å². The van der Waals surface area contributed by atoms with E-state index in [4.69, 9.17) is 4.74 Å². The summed E-state index contributed by atoms with van der Waals surface area (Å²) in [6.45, 7) is 7.71. The first-order valence-electron chi connectivity index (χ1n) is 7.51. The summed E-state index contributed by atoms with van der Waals surface area (Å²) in [6, 6.07) is 6.49. The Morgan fingerprint density at radius 1 is 1.21 bits per heavy atom. The second-order valence-electron chi connectivity index (χ2n) is 6.15. The molecule has 1 aromatic rings. The van der Waals surface area contributed by atoms with E-state index in [1.807, 2.05) is 7.05 Å². The van der Waals surface area contributed by atoms with Gasteiger partial charge in [0.25, 0.3) is 0 Å². The maximum Gasteiger partial charge on any atom is 0.124 e. The van der Waals surface area contributed by atoms with Crippen LogP contribution in [0.25, 0.3) is 0 Å². The zero-order chi connectivity index (χ0) is 13.8. The highest BCUT2D eigenvalue weighted by molar-refractivity contribution is 5.37. The summed E-state index contributed by atoms with van der Waals surface area (Å²) in [4.78, 5) is 0. The molecule has 0 aromatic heterocycles. The molecule has 1 aliphatic rings. The Morgan fingerprint density at radius 3 is 2.68 bits per heavy atom. The third-order valence-electron chi connectivity index (χ3n) is 4.43. The molecule has 1 aliphatic carbocycles. The van der Waals surface area contributed by atoms with E-state index < -0.39 is 0 Å². The molecular formula is C17H27NO. The van der Waals surface area contributed by atoms with Gasteiger partial charge in [-0.05, 0) is 51.1 Å². The van der Waals surface area contributed by atoms with E-state index in [1.165, 1.54) is 30.4 Å². The maximum absolute atomic E-state index is 6.27. The Bertz CT molecular complexity index is 416. The number of hydrogen-bond donors (Lipinski definition) is 1. The standard InChI is InChI=1S/C17H27NO/c1-12-5-8-17(15(9-12)11-18-4)19-16-7-6-13(2)14(3)10-16/h5,8-9,13-14,16,18H,6-7,10-11H2,1-4H3. The topological polar surface area (TPSA) is 21.3 Å². The highest BCUT2D eigenvalue weighted by atomic mass is 16.5. The average Bonchev–Trinajstić information content (AvgIpc) is 2.37. The lowest BCUT2D eigenvalue weighted by atomic mass is 9.80. The van der Waals surface area contributed by atoms with Gasteiger partial charge in [-0.15, -0.1) is 0 Å². The lowest BCUT2D eigenvalue weighted by molar-refractivity contribution is 0.0996. The van der Waals surface area contributed by atoms with Crippen molar-refractivity contribution >= 4 is 0 Å². The van der Waals surface area contributed by atoms with Gasteiger partial charge in [0.15, 0.2) is 0 Å². The molecule has 106 valence electrons. The molecular weight excluding hydrogens is 234 g/mol. The number of rotatable bonds is 4. The third-order valence-corrected chi connectivity index (χ3v) is 4.43. The SMILES string of the molecule is CNCc1cc(C)ccc1OC1CCC(C)C(C)C1. The lowest BCUT2D eigenvalue weighted by Crippen LogP contribution is -2.29. The van der Waals surface area contributed by atoms with Gasteiger partial charge in [0, 0.05) is 12.1 Å². The summed E-state index contributed by atoms with van der Waals surface area (Å²) >= 11 is 0. The van der Waals surface area contributed by atoms with Gasteiger partial charge < -0.3 is 10.1 Å². The Kier molecular flexibility index (Phi) is 4.87. The predicted octanol–water partition coefficient (Wildman–Crippen LogP) is 3.92. The van der Waals surface area contributed by atoms with Crippen LogP contribution in [0.5, 0.6) is 5.75 Å². The van der Waals surface area contributed by atoms with Gasteiger partial charge >= 0.3 is 0 Å². The van der Waals surface area contributed by atoms with Crippen LogP contribution in [0.3, 0.4) is 0 Å². The van der Waals surface area contributed by atoms with Crippen LogP contribution in [0.2, 0.25) is 0 Å². The van der Waals surface area contributed by atoms with Crippen LogP contribution < -0.4 is 10.1 Å². The number of hydrogen-bond acceptors (Lipinski definition) is 2. The van der Waals surface area contributed by atoms with Crippen molar-refractivity contribution in [2.75, 3.05) is 7.05 Å². The van der Waals surface area contributed by atoms with Crippen molar-refractivity contribution in [3.8, 4) is 5.75 Å². The minimum Gasteiger partial charge on any atom is -0.490 e. The molecule has 2 heteroatoms. The van der Waals surface area contributed by atoms with E-state index in [0.29, 0.717) is 6.10 Å². The van der Waals surface area contributed by atoms with Gasteiger partial charge in [-0.3, -0.25) is 0 Å². The van der Waals surface area contributed by atoms with Crippen molar-refractivity contribution in [3.63, 3.8) is 0 Å². The van der Waals surface area contributed by atoms with E-state index >= 15 is 0 Å². The van der Waals surface area contributed by atoms with E-state index in [-0.39, 0.29) is 0 Å². The zero-order valence-corrected chi connectivity index (χ0v) is 12.7. The second kappa shape index (κ2) is 6.42.